The minimum atomic E-state index is 0.000992. The van der Waals surface area contributed by atoms with Crippen LogP contribution >= 0.6 is 0 Å². The van der Waals surface area contributed by atoms with Crippen molar-refractivity contribution in [3.8, 4) is 0 Å². The van der Waals surface area contributed by atoms with Crippen LogP contribution < -0.4 is 5.84 Å². The molecule has 1 amide bonds. The fourth-order valence-corrected chi connectivity index (χ4v) is 1.96. The molecule has 18 heavy (non-hydrogen) atoms. The number of nitrogens with zero attached hydrogens (tertiary/aromatic N) is 3. The fraction of sp³-hybridized carbons (Fsp3) is 0.615. The van der Waals surface area contributed by atoms with E-state index < -0.39 is 0 Å². The highest BCUT2D eigenvalue weighted by atomic mass is 16.2. The van der Waals surface area contributed by atoms with E-state index in [1.807, 2.05) is 18.7 Å². The predicted octanol–water partition coefficient (Wildman–Crippen LogP) is 1.70. The first-order valence-corrected chi connectivity index (χ1v) is 6.24. The van der Waals surface area contributed by atoms with Crippen LogP contribution in [0.1, 0.15) is 40.5 Å². The summed E-state index contributed by atoms with van der Waals surface area (Å²) in [6.07, 6.45) is 3.66. The Morgan fingerprint density at radius 1 is 1.39 bits per heavy atom. The second-order valence-electron chi connectivity index (χ2n) is 4.87. The topological polar surface area (TPSA) is 71.0 Å². The van der Waals surface area contributed by atoms with Gasteiger partial charge >= 0.3 is 0 Å². The Hall–Kier alpha value is -1.65. The number of hydrazone groups is 1. The maximum absolute atomic E-state index is 12.4. The summed E-state index contributed by atoms with van der Waals surface area (Å²) in [4.78, 5) is 18.5. The number of carbonyl (C=O) groups excluding carboxylic acids is 1. The highest BCUT2D eigenvalue weighted by Crippen LogP contribution is 2.20. The standard InChI is InChI=1S/C13H22N4O/c1-9(2)12(15-8-10(3)16-14)13(18)17-7-5-6-11(17)4/h8,11H,5-7,14H2,1-4H3/b15-8?,16-10-. The summed E-state index contributed by atoms with van der Waals surface area (Å²) in [5.74, 6) is 5.14. The summed E-state index contributed by atoms with van der Waals surface area (Å²) in [6, 6.07) is 0.298. The molecule has 1 aliphatic rings. The fourth-order valence-electron chi connectivity index (χ4n) is 1.96. The van der Waals surface area contributed by atoms with Gasteiger partial charge in [-0.25, -0.2) is 4.99 Å². The normalized spacial score (nSPS) is 20.6. The van der Waals surface area contributed by atoms with Crippen LogP contribution in [0.2, 0.25) is 0 Å². The number of hydrogen-bond donors (Lipinski definition) is 1. The number of allylic oxidation sites excluding steroid dienone is 1. The summed E-state index contributed by atoms with van der Waals surface area (Å²) >= 11 is 0. The van der Waals surface area contributed by atoms with Gasteiger partial charge in [-0.2, -0.15) is 5.10 Å². The molecule has 0 aromatic carbocycles. The van der Waals surface area contributed by atoms with Crippen LogP contribution in [0.5, 0.6) is 0 Å². The monoisotopic (exact) mass is 250 g/mol. The van der Waals surface area contributed by atoms with Crippen molar-refractivity contribution >= 4 is 17.8 Å². The van der Waals surface area contributed by atoms with Gasteiger partial charge in [0.25, 0.3) is 5.91 Å². The van der Waals surface area contributed by atoms with Crippen molar-refractivity contribution in [2.75, 3.05) is 6.54 Å². The second-order valence-corrected chi connectivity index (χ2v) is 4.87. The molecule has 1 atom stereocenters. The summed E-state index contributed by atoms with van der Waals surface area (Å²) in [6.45, 7) is 8.41. The molecule has 1 unspecified atom stereocenters. The Labute approximate surface area is 108 Å². The molecule has 0 spiro atoms. The zero-order chi connectivity index (χ0) is 13.7. The van der Waals surface area contributed by atoms with Crippen molar-refractivity contribution in [1.29, 1.82) is 0 Å². The largest absolute Gasteiger partial charge is 0.335 e. The highest BCUT2D eigenvalue weighted by molar-refractivity contribution is 6.30. The SMILES string of the molecule is CC(C)=C(N=C/C(C)=N\N)C(=O)N1CCCC1C. The third kappa shape index (κ3) is 3.42. The van der Waals surface area contributed by atoms with E-state index in [2.05, 4.69) is 17.0 Å². The zero-order valence-corrected chi connectivity index (χ0v) is 11.6. The molecule has 1 heterocycles. The van der Waals surface area contributed by atoms with Gasteiger partial charge in [0.15, 0.2) is 0 Å². The summed E-state index contributed by atoms with van der Waals surface area (Å²) in [5.41, 5.74) is 1.99. The van der Waals surface area contributed by atoms with Crippen LogP contribution in [0, 0.1) is 0 Å². The molecule has 1 rings (SSSR count). The van der Waals surface area contributed by atoms with Crippen molar-refractivity contribution < 1.29 is 4.79 Å². The molecule has 1 aliphatic heterocycles. The van der Waals surface area contributed by atoms with Crippen molar-refractivity contribution in [1.82, 2.24) is 4.90 Å². The molecule has 0 radical (unpaired) electrons. The molecule has 5 heteroatoms. The first-order valence-electron chi connectivity index (χ1n) is 6.24. The van der Waals surface area contributed by atoms with Crippen molar-refractivity contribution in [2.45, 2.75) is 46.6 Å². The molecule has 1 saturated heterocycles. The Bertz CT molecular complexity index is 405. The molecule has 0 aromatic heterocycles. The molecule has 0 aliphatic carbocycles. The number of carbonyl (C=O) groups is 1. The zero-order valence-electron chi connectivity index (χ0n) is 11.6. The quantitative estimate of drug-likeness (QED) is 0.358. The van der Waals surface area contributed by atoms with Gasteiger partial charge in [0.1, 0.15) is 5.70 Å². The van der Waals surface area contributed by atoms with E-state index in [9.17, 15) is 4.79 Å². The van der Waals surface area contributed by atoms with Gasteiger partial charge in [-0.05, 0) is 46.1 Å². The third-order valence-electron chi connectivity index (χ3n) is 3.07. The Morgan fingerprint density at radius 2 is 2.06 bits per heavy atom. The van der Waals surface area contributed by atoms with E-state index in [-0.39, 0.29) is 5.91 Å². The second kappa shape index (κ2) is 6.33. The van der Waals surface area contributed by atoms with Gasteiger partial charge in [0.2, 0.25) is 0 Å². The van der Waals surface area contributed by atoms with Crippen LogP contribution in [0.25, 0.3) is 0 Å². The minimum Gasteiger partial charge on any atom is -0.335 e. The van der Waals surface area contributed by atoms with E-state index in [1.54, 1.807) is 6.92 Å². The van der Waals surface area contributed by atoms with Gasteiger partial charge in [0, 0.05) is 12.6 Å². The number of likely N-dealkylation sites (tertiary alicyclic amines) is 1. The van der Waals surface area contributed by atoms with E-state index >= 15 is 0 Å². The lowest BCUT2D eigenvalue weighted by molar-refractivity contribution is -0.127. The number of rotatable bonds is 3. The van der Waals surface area contributed by atoms with Gasteiger partial charge < -0.3 is 10.7 Å². The van der Waals surface area contributed by atoms with Crippen LogP contribution in [0.15, 0.2) is 21.4 Å². The number of amides is 1. The summed E-state index contributed by atoms with van der Waals surface area (Å²) in [7, 11) is 0. The molecule has 5 nitrogen and oxygen atoms in total. The van der Waals surface area contributed by atoms with Gasteiger partial charge in [-0.3, -0.25) is 4.79 Å². The van der Waals surface area contributed by atoms with Gasteiger partial charge in [-0.15, -0.1) is 0 Å². The van der Waals surface area contributed by atoms with E-state index in [0.29, 0.717) is 17.5 Å². The molecule has 1 fully saturated rings. The van der Waals surface area contributed by atoms with Crippen molar-refractivity contribution in [2.24, 2.45) is 15.9 Å². The minimum absolute atomic E-state index is 0.000992. The molecule has 0 bridgehead atoms. The third-order valence-corrected chi connectivity index (χ3v) is 3.07. The molecule has 0 aromatic rings. The van der Waals surface area contributed by atoms with Crippen LogP contribution in [-0.4, -0.2) is 35.3 Å². The lowest BCUT2D eigenvalue weighted by atomic mass is 10.2. The van der Waals surface area contributed by atoms with Gasteiger partial charge in [-0.1, -0.05) is 0 Å². The van der Waals surface area contributed by atoms with Crippen LogP contribution in [0.4, 0.5) is 0 Å². The number of hydrogen-bond acceptors (Lipinski definition) is 4. The Kier molecular flexibility index (Phi) is 5.07. The van der Waals surface area contributed by atoms with E-state index in [4.69, 9.17) is 5.84 Å². The lowest BCUT2D eigenvalue weighted by Crippen LogP contribution is -2.34. The molecule has 0 saturated carbocycles. The summed E-state index contributed by atoms with van der Waals surface area (Å²) < 4.78 is 0. The maximum Gasteiger partial charge on any atom is 0.272 e. The number of nitrogens with two attached hydrogens (primary N) is 1. The molecular weight excluding hydrogens is 228 g/mol. The average molecular weight is 250 g/mol. The van der Waals surface area contributed by atoms with Crippen molar-refractivity contribution in [3.05, 3.63) is 11.3 Å². The molecular formula is C13H22N4O. The van der Waals surface area contributed by atoms with Crippen LogP contribution in [-0.2, 0) is 4.79 Å². The first kappa shape index (κ1) is 14.4. The first-order chi connectivity index (χ1) is 8.47. The molecule has 2 N–H and O–H groups in total. The number of aliphatic imine (C=N–C) groups is 1. The smallest absolute Gasteiger partial charge is 0.272 e. The summed E-state index contributed by atoms with van der Waals surface area (Å²) in [5, 5.41) is 3.51. The van der Waals surface area contributed by atoms with Gasteiger partial charge in [0.05, 0.1) is 11.9 Å². The van der Waals surface area contributed by atoms with E-state index in [1.165, 1.54) is 6.21 Å². The average Bonchev–Trinajstić information content (AvgIpc) is 2.74. The van der Waals surface area contributed by atoms with Crippen LogP contribution in [0.3, 0.4) is 0 Å². The Morgan fingerprint density at radius 3 is 2.50 bits per heavy atom. The highest BCUT2D eigenvalue weighted by Gasteiger charge is 2.27. The predicted molar refractivity (Wildman–Crippen MR) is 74.6 cm³/mol. The van der Waals surface area contributed by atoms with E-state index in [0.717, 1.165) is 25.0 Å². The Balaban J connectivity index is 2.91. The lowest BCUT2D eigenvalue weighted by Gasteiger charge is -2.22. The molecule has 100 valence electrons. The maximum atomic E-state index is 12.4. The van der Waals surface area contributed by atoms with Crippen molar-refractivity contribution in [3.63, 3.8) is 0 Å².